The van der Waals surface area contributed by atoms with Gasteiger partial charge in [-0.25, -0.2) is 0 Å². The number of Topliss-reactive ketones (excluding diaryl/α,β-unsaturated/α-hetero) is 1. The largest absolute Gasteiger partial charge is 0.486 e. The number of hydrogen-bond donors (Lipinski definition) is 0. The molecule has 27 heavy (non-hydrogen) atoms. The molecular weight excluding hydrogens is 364 g/mol. The molecule has 0 saturated heterocycles. The van der Waals surface area contributed by atoms with Crippen LogP contribution < -0.4 is 9.47 Å². The van der Waals surface area contributed by atoms with Gasteiger partial charge in [0.2, 0.25) is 5.16 Å². The summed E-state index contributed by atoms with van der Waals surface area (Å²) in [6, 6.07) is 11.2. The van der Waals surface area contributed by atoms with Gasteiger partial charge >= 0.3 is 0 Å². The van der Waals surface area contributed by atoms with Crippen molar-refractivity contribution in [1.29, 1.82) is 0 Å². The van der Waals surface area contributed by atoms with Gasteiger partial charge in [-0.05, 0) is 59.7 Å². The van der Waals surface area contributed by atoms with Crippen molar-refractivity contribution in [2.24, 2.45) is 0 Å². The number of tetrazole rings is 1. The zero-order valence-corrected chi connectivity index (χ0v) is 15.8. The predicted octanol–water partition coefficient (Wildman–Crippen LogP) is 3.03. The molecule has 4 rings (SSSR count). The maximum absolute atomic E-state index is 12.6. The molecule has 1 aliphatic rings. The summed E-state index contributed by atoms with van der Waals surface area (Å²) < 4.78 is 12.7. The van der Waals surface area contributed by atoms with Gasteiger partial charge in [-0.3, -0.25) is 4.79 Å². The Morgan fingerprint density at radius 3 is 2.81 bits per heavy atom. The molecule has 7 nitrogen and oxygen atoms in total. The summed E-state index contributed by atoms with van der Waals surface area (Å²) in [5.74, 6) is 1.49. The Kier molecular flexibility index (Phi) is 4.81. The Hall–Kier alpha value is -2.87. The molecule has 0 bridgehead atoms. The highest BCUT2D eigenvalue weighted by atomic mass is 32.2. The topological polar surface area (TPSA) is 79.1 Å². The molecule has 2 heterocycles. The van der Waals surface area contributed by atoms with Gasteiger partial charge in [0.15, 0.2) is 17.3 Å². The summed E-state index contributed by atoms with van der Waals surface area (Å²) in [5, 5.41) is 12.5. The molecule has 2 aromatic carbocycles. The molecule has 0 atom stereocenters. The molecule has 0 fully saturated rings. The molecule has 1 aromatic heterocycles. The third-order valence-corrected chi connectivity index (χ3v) is 5.36. The van der Waals surface area contributed by atoms with Crippen LogP contribution in [-0.2, 0) is 0 Å². The van der Waals surface area contributed by atoms with Crippen LogP contribution in [0, 0.1) is 13.8 Å². The Labute approximate surface area is 160 Å². The van der Waals surface area contributed by atoms with Crippen molar-refractivity contribution in [2.75, 3.05) is 19.0 Å². The zero-order chi connectivity index (χ0) is 18.8. The van der Waals surface area contributed by atoms with Crippen molar-refractivity contribution < 1.29 is 14.3 Å². The van der Waals surface area contributed by atoms with Crippen molar-refractivity contribution in [1.82, 2.24) is 20.2 Å². The molecule has 0 amide bonds. The molecule has 0 aliphatic carbocycles. The maximum Gasteiger partial charge on any atom is 0.214 e. The fraction of sp³-hybridized carbons (Fsp3) is 0.263. The van der Waals surface area contributed by atoms with Crippen molar-refractivity contribution in [3.05, 3.63) is 53.1 Å². The standard InChI is InChI=1S/C19H18N4O3S/c1-12-4-3-5-15(13(12)2)23-19(20-21-22-23)27-11-16(24)14-6-7-17-18(10-14)26-9-8-25-17/h3-7,10H,8-9,11H2,1-2H3. The highest BCUT2D eigenvalue weighted by molar-refractivity contribution is 7.99. The quantitative estimate of drug-likeness (QED) is 0.496. The minimum Gasteiger partial charge on any atom is -0.486 e. The lowest BCUT2D eigenvalue weighted by Gasteiger charge is -2.18. The zero-order valence-electron chi connectivity index (χ0n) is 15.0. The molecule has 0 saturated carbocycles. The number of aromatic nitrogens is 4. The van der Waals surface area contributed by atoms with Gasteiger partial charge in [0, 0.05) is 5.56 Å². The first-order chi connectivity index (χ1) is 13.1. The summed E-state index contributed by atoms with van der Waals surface area (Å²) in [6.07, 6.45) is 0. The molecular formula is C19H18N4O3S. The van der Waals surface area contributed by atoms with E-state index in [1.54, 1.807) is 22.9 Å². The van der Waals surface area contributed by atoms with Crippen molar-refractivity contribution in [3.8, 4) is 17.2 Å². The first kappa shape index (κ1) is 17.5. The number of benzene rings is 2. The van der Waals surface area contributed by atoms with E-state index in [0.717, 1.165) is 16.8 Å². The monoisotopic (exact) mass is 382 g/mol. The van der Waals surface area contributed by atoms with Gasteiger partial charge in [0.25, 0.3) is 0 Å². The van der Waals surface area contributed by atoms with E-state index in [1.807, 2.05) is 32.0 Å². The molecule has 0 radical (unpaired) electrons. The van der Waals surface area contributed by atoms with Crippen LogP contribution in [0.15, 0.2) is 41.6 Å². The Morgan fingerprint density at radius 2 is 1.96 bits per heavy atom. The number of nitrogens with zero attached hydrogens (tertiary/aromatic N) is 4. The van der Waals surface area contributed by atoms with Crippen LogP contribution in [0.25, 0.3) is 5.69 Å². The maximum atomic E-state index is 12.6. The lowest BCUT2D eigenvalue weighted by molar-refractivity contribution is 0.102. The molecule has 0 unspecified atom stereocenters. The van der Waals surface area contributed by atoms with E-state index in [-0.39, 0.29) is 11.5 Å². The fourth-order valence-corrected chi connectivity index (χ4v) is 3.59. The van der Waals surface area contributed by atoms with E-state index in [2.05, 4.69) is 15.5 Å². The summed E-state index contributed by atoms with van der Waals surface area (Å²) in [5.41, 5.74) is 3.75. The van der Waals surface area contributed by atoms with Gasteiger partial charge in [-0.1, -0.05) is 23.9 Å². The van der Waals surface area contributed by atoms with Crippen LogP contribution in [0.5, 0.6) is 11.5 Å². The Morgan fingerprint density at radius 1 is 1.15 bits per heavy atom. The number of carbonyl (C=O) groups excluding carboxylic acids is 1. The number of hydrogen-bond acceptors (Lipinski definition) is 7. The van der Waals surface area contributed by atoms with E-state index in [4.69, 9.17) is 9.47 Å². The molecule has 3 aromatic rings. The Balaban J connectivity index is 1.51. The van der Waals surface area contributed by atoms with E-state index in [1.165, 1.54) is 11.8 Å². The lowest BCUT2D eigenvalue weighted by Crippen LogP contribution is -2.16. The highest BCUT2D eigenvalue weighted by Crippen LogP contribution is 2.31. The van der Waals surface area contributed by atoms with Crippen LogP contribution in [0.1, 0.15) is 21.5 Å². The Bertz CT molecular complexity index is 1000. The number of fused-ring (bicyclic) bond motifs is 1. The average Bonchev–Trinajstić information content (AvgIpc) is 3.16. The number of ketones is 1. The molecule has 1 aliphatic heterocycles. The molecule has 138 valence electrons. The molecule has 0 spiro atoms. The fourth-order valence-electron chi connectivity index (χ4n) is 2.82. The van der Waals surface area contributed by atoms with Crippen molar-refractivity contribution in [2.45, 2.75) is 19.0 Å². The summed E-state index contributed by atoms with van der Waals surface area (Å²) in [4.78, 5) is 12.6. The second-order valence-electron chi connectivity index (χ2n) is 6.16. The molecule has 8 heteroatoms. The summed E-state index contributed by atoms with van der Waals surface area (Å²) in [6.45, 7) is 5.09. The van der Waals surface area contributed by atoms with Gasteiger partial charge in [-0.2, -0.15) is 4.68 Å². The van der Waals surface area contributed by atoms with E-state index >= 15 is 0 Å². The number of ether oxygens (including phenoxy) is 2. The van der Waals surface area contributed by atoms with Crippen LogP contribution >= 0.6 is 11.8 Å². The second-order valence-corrected chi connectivity index (χ2v) is 7.11. The summed E-state index contributed by atoms with van der Waals surface area (Å²) >= 11 is 1.31. The predicted molar refractivity (Wildman–Crippen MR) is 101 cm³/mol. The molecule has 0 N–H and O–H groups in total. The highest BCUT2D eigenvalue weighted by Gasteiger charge is 2.17. The average molecular weight is 382 g/mol. The van der Waals surface area contributed by atoms with Crippen molar-refractivity contribution >= 4 is 17.5 Å². The number of thioether (sulfide) groups is 1. The van der Waals surface area contributed by atoms with Crippen molar-refractivity contribution in [3.63, 3.8) is 0 Å². The minimum absolute atomic E-state index is 0.0208. The van der Waals surface area contributed by atoms with Gasteiger partial charge < -0.3 is 9.47 Å². The SMILES string of the molecule is Cc1cccc(-n2nnnc2SCC(=O)c2ccc3c(c2)OCCO3)c1C. The smallest absolute Gasteiger partial charge is 0.214 e. The number of rotatable bonds is 5. The number of aryl methyl sites for hydroxylation is 1. The third kappa shape index (κ3) is 3.52. The van der Waals surface area contributed by atoms with Crippen LogP contribution in [-0.4, -0.2) is 45.0 Å². The summed E-state index contributed by atoms with van der Waals surface area (Å²) in [7, 11) is 0. The van der Waals surface area contributed by atoms with Crippen LogP contribution in [0.2, 0.25) is 0 Å². The minimum atomic E-state index is -0.0208. The van der Waals surface area contributed by atoms with Gasteiger partial charge in [0.1, 0.15) is 13.2 Å². The van der Waals surface area contributed by atoms with Crippen LogP contribution in [0.4, 0.5) is 0 Å². The first-order valence-corrected chi connectivity index (χ1v) is 9.52. The number of carbonyl (C=O) groups is 1. The van der Waals surface area contributed by atoms with Gasteiger partial charge in [0.05, 0.1) is 11.4 Å². The first-order valence-electron chi connectivity index (χ1n) is 8.54. The third-order valence-electron chi connectivity index (χ3n) is 4.44. The van der Waals surface area contributed by atoms with E-state index < -0.39 is 0 Å². The van der Waals surface area contributed by atoms with E-state index in [9.17, 15) is 4.79 Å². The normalized spacial score (nSPS) is 12.8. The lowest BCUT2D eigenvalue weighted by atomic mass is 10.1. The van der Waals surface area contributed by atoms with Gasteiger partial charge in [-0.15, -0.1) is 5.10 Å². The second kappa shape index (κ2) is 7.40. The van der Waals surface area contributed by atoms with Crippen LogP contribution in [0.3, 0.4) is 0 Å². The van der Waals surface area contributed by atoms with E-state index in [0.29, 0.717) is 35.4 Å².